The van der Waals surface area contributed by atoms with E-state index in [0.29, 0.717) is 46.8 Å². The van der Waals surface area contributed by atoms with E-state index in [9.17, 15) is 17.2 Å². The molecule has 5 heterocycles. The van der Waals surface area contributed by atoms with Crippen LogP contribution in [0.1, 0.15) is 24.8 Å². The SMILES string of the molecule is CC(C)c1nc(-c2cccc(NS(=O)(=O)c3c(F)cccc3F)n2)c(-c2ccnc(Nc3ccc(N4CCOCC4)nc3)n2)s1. The number of hydrogen-bond donors (Lipinski definition) is 2. The van der Waals surface area contributed by atoms with Crippen molar-refractivity contribution in [2.45, 2.75) is 24.7 Å². The lowest BCUT2D eigenvalue weighted by Crippen LogP contribution is -2.36. The predicted octanol–water partition coefficient (Wildman–Crippen LogP) is 5.84. The summed E-state index contributed by atoms with van der Waals surface area (Å²) in [7, 11) is -4.61. The van der Waals surface area contributed by atoms with E-state index in [0.717, 1.165) is 42.1 Å². The molecule has 0 bridgehead atoms. The summed E-state index contributed by atoms with van der Waals surface area (Å²) in [6, 6.07) is 13.1. The fourth-order valence-corrected chi connectivity index (χ4v) is 6.78. The summed E-state index contributed by atoms with van der Waals surface area (Å²) in [4.78, 5) is 24.7. The first-order valence-corrected chi connectivity index (χ1v) is 16.3. The number of nitrogens with one attached hydrogen (secondary N) is 2. The van der Waals surface area contributed by atoms with E-state index in [1.54, 1.807) is 30.6 Å². The highest BCUT2D eigenvalue weighted by Gasteiger charge is 2.25. The Kier molecular flexibility index (Phi) is 8.65. The number of aromatic nitrogens is 5. The van der Waals surface area contributed by atoms with Crippen LogP contribution in [0.15, 0.2) is 71.9 Å². The van der Waals surface area contributed by atoms with Gasteiger partial charge in [0.25, 0.3) is 10.0 Å². The standard InChI is InChI=1S/C30H28F2N8O3S2/c1-18(2)29-38-26(22-7-4-8-24(36-22)39-45(41,42)28-20(31)5-3-6-21(28)32)27(44-29)23-11-12-33-30(37-23)35-19-9-10-25(34-17-19)40-13-15-43-16-14-40/h3-12,17-18H,13-16H2,1-2H3,(H,36,39)(H,33,35,37). The number of sulfonamides is 1. The summed E-state index contributed by atoms with van der Waals surface area (Å²) in [5.74, 6) is -1.25. The molecule has 0 spiro atoms. The highest BCUT2D eigenvalue weighted by atomic mass is 32.2. The number of rotatable bonds is 9. The van der Waals surface area contributed by atoms with Gasteiger partial charge in [-0.1, -0.05) is 26.0 Å². The summed E-state index contributed by atoms with van der Waals surface area (Å²) < 4.78 is 61.9. The highest BCUT2D eigenvalue weighted by molar-refractivity contribution is 7.92. The van der Waals surface area contributed by atoms with Crippen LogP contribution in [-0.4, -0.2) is 59.6 Å². The lowest BCUT2D eigenvalue weighted by molar-refractivity contribution is 0.122. The Bertz CT molecular complexity index is 1910. The molecule has 0 saturated carbocycles. The van der Waals surface area contributed by atoms with Crippen molar-refractivity contribution in [3.05, 3.63) is 83.6 Å². The molecule has 1 saturated heterocycles. The van der Waals surface area contributed by atoms with E-state index in [-0.39, 0.29) is 11.7 Å². The van der Waals surface area contributed by atoms with Crippen LogP contribution in [0.5, 0.6) is 0 Å². The highest BCUT2D eigenvalue weighted by Crippen LogP contribution is 2.38. The van der Waals surface area contributed by atoms with E-state index >= 15 is 0 Å². The Morgan fingerprint density at radius 1 is 0.911 bits per heavy atom. The van der Waals surface area contributed by atoms with Crippen molar-refractivity contribution in [1.29, 1.82) is 0 Å². The topological polar surface area (TPSA) is 135 Å². The van der Waals surface area contributed by atoms with Gasteiger partial charge in [0, 0.05) is 25.2 Å². The van der Waals surface area contributed by atoms with Gasteiger partial charge in [0.2, 0.25) is 5.95 Å². The molecule has 4 aromatic heterocycles. The van der Waals surface area contributed by atoms with Crippen LogP contribution in [-0.2, 0) is 14.8 Å². The molecule has 1 aromatic carbocycles. The second-order valence-electron chi connectivity index (χ2n) is 10.3. The van der Waals surface area contributed by atoms with Crippen molar-refractivity contribution in [3.63, 3.8) is 0 Å². The maximum Gasteiger partial charge on any atom is 0.268 e. The monoisotopic (exact) mass is 650 g/mol. The van der Waals surface area contributed by atoms with Gasteiger partial charge in [-0.2, -0.15) is 0 Å². The first-order chi connectivity index (χ1) is 21.7. The fourth-order valence-electron chi connectivity index (χ4n) is 4.60. The third-order valence-electron chi connectivity index (χ3n) is 6.78. The zero-order chi connectivity index (χ0) is 31.6. The van der Waals surface area contributed by atoms with E-state index in [1.165, 1.54) is 17.4 Å². The van der Waals surface area contributed by atoms with Crippen molar-refractivity contribution in [1.82, 2.24) is 24.9 Å². The molecule has 0 unspecified atom stereocenters. The molecule has 0 amide bonds. The number of anilines is 4. The quantitative estimate of drug-likeness (QED) is 0.200. The molecule has 5 aromatic rings. The number of benzene rings is 1. The summed E-state index contributed by atoms with van der Waals surface area (Å²) in [6.07, 6.45) is 3.35. The summed E-state index contributed by atoms with van der Waals surface area (Å²) in [6.45, 7) is 6.93. The summed E-state index contributed by atoms with van der Waals surface area (Å²) >= 11 is 1.43. The van der Waals surface area contributed by atoms with Gasteiger partial charge in [-0.05, 0) is 42.5 Å². The number of hydrogen-bond acceptors (Lipinski definition) is 11. The Morgan fingerprint density at radius 2 is 1.67 bits per heavy atom. The number of nitrogens with zero attached hydrogens (tertiary/aromatic N) is 6. The molecule has 11 nitrogen and oxygen atoms in total. The Hall–Kier alpha value is -4.60. The van der Waals surface area contributed by atoms with Gasteiger partial charge < -0.3 is 15.0 Å². The molecule has 0 atom stereocenters. The Morgan fingerprint density at radius 3 is 2.38 bits per heavy atom. The van der Waals surface area contributed by atoms with Crippen molar-refractivity contribution in [2.24, 2.45) is 0 Å². The van der Waals surface area contributed by atoms with Gasteiger partial charge in [-0.25, -0.2) is 42.1 Å². The van der Waals surface area contributed by atoms with E-state index < -0.39 is 26.6 Å². The molecule has 2 N–H and O–H groups in total. The first kappa shape index (κ1) is 30.4. The number of ether oxygens (including phenoxy) is 1. The van der Waals surface area contributed by atoms with Crippen molar-refractivity contribution >= 4 is 44.6 Å². The molecule has 0 aliphatic carbocycles. The van der Waals surface area contributed by atoms with Gasteiger partial charge in [0.1, 0.15) is 29.0 Å². The molecule has 1 aliphatic heterocycles. The molecular weight excluding hydrogens is 623 g/mol. The summed E-state index contributed by atoms with van der Waals surface area (Å²) in [5.41, 5.74) is 2.11. The second-order valence-corrected chi connectivity index (χ2v) is 13.0. The zero-order valence-corrected chi connectivity index (χ0v) is 25.9. The lowest BCUT2D eigenvalue weighted by atomic mass is 10.2. The van der Waals surface area contributed by atoms with Gasteiger partial charge in [0.15, 0.2) is 4.90 Å². The molecule has 1 aliphatic rings. The van der Waals surface area contributed by atoms with Crippen LogP contribution >= 0.6 is 11.3 Å². The normalized spacial score (nSPS) is 13.7. The third-order valence-corrected chi connectivity index (χ3v) is 9.57. The van der Waals surface area contributed by atoms with Gasteiger partial charge in [-0.3, -0.25) is 4.72 Å². The smallest absolute Gasteiger partial charge is 0.268 e. The minimum Gasteiger partial charge on any atom is -0.378 e. The minimum absolute atomic E-state index is 0.0868. The molecule has 45 heavy (non-hydrogen) atoms. The maximum atomic E-state index is 14.3. The molecular formula is C30H28F2N8O3S2. The molecule has 1 fully saturated rings. The second kappa shape index (κ2) is 12.8. The Balaban J connectivity index is 1.29. The summed E-state index contributed by atoms with van der Waals surface area (Å²) in [5, 5.41) is 4.01. The number of halogens is 2. The van der Waals surface area contributed by atoms with E-state index in [4.69, 9.17) is 14.7 Å². The lowest BCUT2D eigenvalue weighted by Gasteiger charge is -2.27. The molecule has 6 rings (SSSR count). The number of morpholine rings is 1. The number of pyridine rings is 2. The average molecular weight is 651 g/mol. The van der Waals surface area contributed by atoms with Crippen LogP contribution in [0.25, 0.3) is 22.0 Å². The first-order valence-electron chi connectivity index (χ1n) is 14.0. The van der Waals surface area contributed by atoms with Crippen molar-refractivity contribution in [3.8, 4) is 22.0 Å². The van der Waals surface area contributed by atoms with Crippen molar-refractivity contribution < 1.29 is 21.9 Å². The minimum atomic E-state index is -4.61. The van der Waals surface area contributed by atoms with Crippen LogP contribution in [0.3, 0.4) is 0 Å². The average Bonchev–Trinajstić information content (AvgIpc) is 3.48. The zero-order valence-electron chi connectivity index (χ0n) is 24.2. The van der Waals surface area contributed by atoms with Crippen LogP contribution in [0.4, 0.5) is 32.1 Å². The van der Waals surface area contributed by atoms with Crippen LogP contribution in [0.2, 0.25) is 0 Å². The molecule has 15 heteroatoms. The maximum absolute atomic E-state index is 14.3. The third kappa shape index (κ3) is 6.74. The largest absolute Gasteiger partial charge is 0.378 e. The van der Waals surface area contributed by atoms with E-state index in [2.05, 4.69) is 29.9 Å². The van der Waals surface area contributed by atoms with Gasteiger partial charge in [-0.15, -0.1) is 11.3 Å². The molecule has 232 valence electrons. The van der Waals surface area contributed by atoms with Crippen molar-refractivity contribution in [2.75, 3.05) is 41.2 Å². The predicted molar refractivity (Wildman–Crippen MR) is 168 cm³/mol. The van der Waals surface area contributed by atoms with Gasteiger partial charge in [0.05, 0.1) is 46.4 Å². The van der Waals surface area contributed by atoms with Gasteiger partial charge >= 0.3 is 0 Å². The van der Waals surface area contributed by atoms with Crippen LogP contribution in [0, 0.1) is 11.6 Å². The Labute approximate surface area is 262 Å². The van der Waals surface area contributed by atoms with E-state index in [1.807, 2.05) is 26.0 Å². The number of thiazole rings is 1. The molecule has 0 radical (unpaired) electrons. The van der Waals surface area contributed by atoms with Crippen LogP contribution < -0.4 is 14.9 Å². The fraction of sp³-hybridized carbons (Fsp3) is 0.233.